The topological polar surface area (TPSA) is 79.2 Å². The predicted octanol–water partition coefficient (Wildman–Crippen LogP) is 6.53. The van der Waals surface area contributed by atoms with E-state index < -0.39 is 5.92 Å². The van der Waals surface area contributed by atoms with E-state index in [2.05, 4.69) is 5.32 Å². The average Bonchev–Trinajstić information content (AvgIpc) is 2.79. The van der Waals surface area contributed by atoms with Gasteiger partial charge in [-0.25, -0.2) is 0 Å². The fraction of sp³-hybridized carbons (Fsp3) is 0.111. The molecule has 0 fully saturated rings. The fourth-order valence-electron chi connectivity index (χ4n) is 4.72. The lowest BCUT2D eigenvalue weighted by atomic mass is 9.82. The third-order valence-corrected chi connectivity index (χ3v) is 6.59. The van der Waals surface area contributed by atoms with Gasteiger partial charge in [0, 0.05) is 10.4 Å². The molecular formula is C27H19ClN2O3. The van der Waals surface area contributed by atoms with Gasteiger partial charge in [-0.15, -0.1) is 0 Å². The molecule has 3 aromatic carbocycles. The van der Waals surface area contributed by atoms with Gasteiger partial charge in [0.05, 0.1) is 28.1 Å². The second-order valence-electron chi connectivity index (χ2n) is 8.47. The molecule has 5 nitrogen and oxygen atoms in total. The number of anilines is 2. The van der Waals surface area contributed by atoms with Crippen molar-refractivity contribution in [2.75, 3.05) is 5.32 Å². The smallest absolute Gasteiger partial charge is 0.218 e. The Balaban J connectivity index is 1.79. The highest BCUT2D eigenvalue weighted by atomic mass is 35.5. The van der Waals surface area contributed by atoms with Crippen LogP contribution >= 0.6 is 11.6 Å². The Morgan fingerprint density at radius 1 is 0.879 bits per heavy atom. The van der Waals surface area contributed by atoms with Crippen LogP contribution in [0, 0.1) is 19.3 Å². The molecule has 0 saturated carbocycles. The third kappa shape index (κ3) is 2.93. The minimum Gasteiger partial charge on any atom is -0.440 e. The zero-order chi connectivity index (χ0) is 22.9. The van der Waals surface area contributed by atoms with Crippen molar-refractivity contribution in [3.63, 3.8) is 0 Å². The highest BCUT2D eigenvalue weighted by Crippen LogP contribution is 2.46. The van der Waals surface area contributed by atoms with Gasteiger partial charge in [-0.2, -0.15) is 0 Å². The number of halogens is 1. The molecule has 2 N–H and O–H groups in total. The molecule has 1 aliphatic heterocycles. The maximum Gasteiger partial charge on any atom is 0.218 e. The van der Waals surface area contributed by atoms with Gasteiger partial charge in [0.1, 0.15) is 11.2 Å². The van der Waals surface area contributed by atoms with Crippen LogP contribution in [0.15, 0.2) is 74.3 Å². The van der Waals surface area contributed by atoms with Crippen molar-refractivity contribution < 1.29 is 8.83 Å². The van der Waals surface area contributed by atoms with Gasteiger partial charge in [0.15, 0.2) is 5.43 Å². The van der Waals surface area contributed by atoms with Crippen LogP contribution in [0.1, 0.15) is 33.7 Å². The zero-order valence-corrected chi connectivity index (χ0v) is 18.7. The molecule has 1 aliphatic rings. The van der Waals surface area contributed by atoms with Crippen LogP contribution in [0.4, 0.5) is 11.6 Å². The molecule has 2 aromatic heterocycles. The Kier molecular flexibility index (Phi) is 4.26. The number of fused-ring (bicyclic) bond motifs is 5. The molecule has 6 heteroatoms. The third-order valence-electron chi connectivity index (χ3n) is 6.24. The first-order valence-corrected chi connectivity index (χ1v) is 11.0. The van der Waals surface area contributed by atoms with E-state index in [0.29, 0.717) is 44.3 Å². The highest BCUT2D eigenvalue weighted by molar-refractivity contribution is 6.31. The summed E-state index contributed by atoms with van der Waals surface area (Å²) in [5.41, 5.74) is 5.32. The van der Waals surface area contributed by atoms with E-state index in [1.54, 1.807) is 6.07 Å². The first-order valence-electron chi connectivity index (χ1n) is 10.6. The van der Waals surface area contributed by atoms with Gasteiger partial charge in [0.25, 0.3) is 0 Å². The Hall–Kier alpha value is -3.83. The molecule has 0 spiro atoms. The van der Waals surface area contributed by atoms with Crippen molar-refractivity contribution >= 4 is 45.1 Å². The summed E-state index contributed by atoms with van der Waals surface area (Å²) in [6.45, 7) is 3.94. The zero-order valence-electron chi connectivity index (χ0n) is 18.0. The first kappa shape index (κ1) is 19.8. The molecule has 162 valence electrons. The predicted molar refractivity (Wildman–Crippen MR) is 130 cm³/mol. The van der Waals surface area contributed by atoms with Crippen LogP contribution in [0.3, 0.4) is 0 Å². The number of rotatable bonds is 1. The fourth-order valence-corrected chi connectivity index (χ4v) is 4.96. The first-order chi connectivity index (χ1) is 15.9. The molecule has 0 bridgehead atoms. The summed E-state index contributed by atoms with van der Waals surface area (Å²) in [6.07, 6.45) is 0. The van der Waals surface area contributed by atoms with Crippen molar-refractivity contribution in [1.29, 1.82) is 5.41 Å². The average molecular weight is 455 g/mol. The molecule has 1 atom stereocenters. The molecule has 5 aromatic rings. The summed E-state index contributed by atoms with van der Waals surface area (Å²) < 4.78 is 12.2. The van der Waals surface area contributed by atoms with Gasteiger partial charge in [-0.3, -0.25) is 10.2 Å². The Morgan fingerprint density at radius 3 is 2.27 bits per heavy atom. The lowest BCUT2D eigenvalue weighted by molar-refractivity contribution is 0.518. The van der Waals surface area contributed by atoms with Crippen molar-refractivity contribution in [3.05, 3.63) is 109 Å². The highest BCUT2D eigenvalue weighted by Gasteiger charge is 2.36. The Bertz CT molecular complexity index is 1730. The van der Waals surface area contributed by atoms with Crippen LogP contribution in [0.2, 0.25) is 5.02 Å². The lowest BCUT2D eigenvalue weighted by Gasteiger charge is -2.29. The van der Waals surface area contributed by atoms with Crippen molar-refractivity contribution in [2.24, 2.45) is 0 Å². The number of aryl methyl sites for hydroxylation is 2. The molecule has 0 saturated heterocycles. The summed E-state index contributed by atoms with van der Waals surface area (Å²) in [7, 11) is 0. The summed E-state index contributed by atoms with van der Waals surface area (Å²) in [5.74, 6) is -0.255. The largest absolute Gasteiger partial charge is 0.440 e. The minimum atomic E-state index is -0.618. The van der Waals surface area contributed by atoms with E-state index in [-0.39, 0.29) is 11.0 Å². The summed E-state index contributed by atoms with van der Waals surface area (Å²) in [5, 5.41) is 13.9. The number of benzene rings is 3. The molecular weight excluding hydrogens is 436 g/mol. The quantitative estimate of drug-likeness (QED) is 0.296. The van der Waals surface area contributed by atoms with Crippen molar-refractivity contribution in [2.45, 2.75) is 19.8 Å². The van der Waals surface area contributed by atoms with Crippen LogP contribution in [0.25, 0.3) is 21.9 Å². The van der Waals surface area contributed by atoms with E-state index in [4.69, 9.17) is 25.8 Å². The maximum atomic E-state index is 13.8. The van der Waals surface area contributed by atoms with Gasteiger partial charge < -0.3 is 14.2 Å². The minimum absolute atomic E-state index is 0.0202. The monoisotopic (exact) mass is 454 g/mol. The van der Waals surface area contributed by atoms with Crippen LogP contribution in [-0.2, 0) is 0 Å². The van der Waals surface area contributed by atoms with Gasteiger partial charge in [-0.05, 0) is 49.7 Å². The van der Waals surface area contributed by atoms with Crippen molar-refractivity contribution in [1.82, 2.24) is 0 Å². The molecule has 0 radical (unpaired) electrons. The van der Waals surface area contributed by atoms with Crippen LogP contribution in [0.5, 0.6) is 0 Å². The van der Waals surface area contributed by atoms with Gasteiger partial charge in [-0.1, -0.05) is 53.1 Å². The molecule has 1 unspecified atom stereocenters. The molecule has 33 heavy (non-hydrogen) atoms. The summed E-state index contributed by atoms with van der Waals surface area (Å²) in [6, 6.07) is 18.7. The van der Waals surface area contributed by atoms with E-state index >= 15 is 0 Å². The Labute approximate surface area is 193 Å². The molecule has 3 heterocycles. The number of nitrogens with one attached hydrogen (secondary N) is 2. The van der Waals surface area contributed by atoms with Crippen LogP contribution < -0.4 is 16.3 Å². The second-order valence-corrected chi connectivity index (χ2v) is 8.88. The normalized spacial score (nSPS) is 14.7. The van der Waals surface area contributed by atoms with E-state index in [0.717, 1.165) is 22.1 Å². The van der Waals surface area contributed by atoms with Crippen LogP contribution in [-0.4, -0.2) is 0 Å². The standard InChI is InChI=1S/C27H19ClN2O3/c1-13-7-9-19-16(11-13)24-22(26(29)32-19)21(15-5-3-4-6-18(15)28)23-25(31)17-12-14(2)8-10-20(17)33-27(23)30-24/h3-12,21,29-30H,1-2H3. The summed E-state index contributed by atoms with van der Waals surface area (Å²) >= 11 is 6.64. The Morgan fingerprint density at radius 2 is 1.55 bits per heavy atom. The number of hydrogen-bond acceptors (Lipinski definition) is 5. The van der Waals surface area contributed by atoms with E-state index in [1.165, 1.54) is 0 Å². The van der Waals surface area contributed by atoms with Gasteiger partial charge in [0.2, 0.25) is 11.4 Å². The number of hydrogen-bond donors (Lipinski definition) is 2. The summed E-state index contributed by atoms with van der Waals surface area (Å²) in [4.78, 5) is 13.8. The lowest BCUT2D eigenvalue weighted by Crippen LogP contribution is -2.28. The van der Waals surface area contributed by atoms with Gasteiger partial charge >= 0.3 is 0 Å². The van der Waals surface area contributed by atoms with E-state index in [1.807, 2.05) is 68.4 Å². The second kappa shape index (κ2) is 7.09. The maximum absolute atomic E-state index is 13.8. The molecule has 0 amide bonds. The molecule has 6 rings (SSSR count). The molecule has 0 aliphatic carbocycles. The SMILES string of the molecule is Cc1ccc2oc(=N)c3c(c2c1)Nc1oc2ccc(C)cc2c(=O)c1C3c1ccccc1Cl. The van der Waals surface area contributed by atoms with E-state index in [9.17, 15) is 4.79 Å². The van der Waals surface area contributed by atoms with Crippen molar-refractivity contribution in [3.8, 4) is 0 Å².